The minimum Gasteiger partial charge on any atom is -0.507 e. The molecule has 3 nitrogen and oxygen atoms in total. The number of unbranched alkanes of at least 4 members (excludes halogenated alkanes) is 3. The first-order valence-corrected chi connectivity index (χ1v) is 10.2. The lowest BCUT2D eigenvalue weighted by atomic mass is 9.79. The molecule has 0 spiro atoms. The molecule has 0 aliphatic carbocycles. The SMILES string of the molecule is CCCCCCC(C)(C)c1cc(O)c(-c2ccccc2CCCO)c(O)c1. The Balaban J connectivity index is 2.32. The molecule has 2 aromatic rings. The van der Waals surface area contributed by atoms with Gasteiger partial charge in [0.05, 0.1) is 5.56 Å². The number of hydrogen-bond donors (Lipinski definition) is 3. The predicted octanol–water partition coefficient (Wildman–Crippen LogP) is 5.94. The minimum absolute atomic E-state index is 0.0996. The fourth-order valence-corrected chi connectivity index (χ4v) is 3.67. The highest BCUT2D eigenvalue weighted by atomic mass is 16.3. The van der Waals surface area contributed by atoms with Gasteiger partial charge in [-0.05, 0) is 53.5 Å². The van der Waals surface area contributed by atoms with E-state index in [0.717, 1.165) is 29.5 Å². The zero-order chi connectivity index (χ0) is 19.9. The molecule has 3 heteroatoms. The summed E-state index contributed by atoms with van der Waals surface area (Å²) in [6, 6.07) is 11.3. The summed E-state index contributed by atoms with van der Waals surface area (Å²) in [5.41, 5.74) is 3.19. The van der Waals surface area contributed by atoms with Crippen LogP contribution in [0.4, 0.5) is 0 Å². The smallest absolute Gasteiger partial charge is 0.127 e. The first kappa shape index (κ1) is 21.3. The minimum atomic E-state index is -0.0996. The third kappa shape index (κ3) is 5.49. The molecule has 148 valence electrons. The Kier molecular flexibility index (Phi) is 7.73. The van der Waals surface area contributed by atoms with Crippen LogP contribution in [-0.4, -0.2) is 21.9 Å². The van der Waals surface area contributed by atoms with Crippen LogP contribution >= 0.6 is 0 Å². The third-order valence-electron chi connectivity index (χ3n) is 5.42. The maximum Gasteiger partial charge on any atom is 0.127 e. The van der Waals surface area contributed by atoms with Crippen molar-refractivity contribution in [2.45, 2.75) is 71.1 Å². The molecule has 0 radical (unpaired) electrons. The van der Waals surface area contributed by atoms with E-state index in [1.165, 1.54) is 19.3 Å². The number of aryl methyl sites for hydroxylation is 1. The molecular weight excluding hydrogens is 336 g/mol. The summed E-state index contributed by atoms with van der Waals surface area (Å²) in [6.45, 7) is 6.67. The van der Waals surface area contributed by atoms with E-state index >= 15 is 0 Å². The number of phenolic OH excluding ortho intramolecular Hbond substituents is 2. The second-order valence-corrected chi connectivity index (χ2v) is 8.07. The van der Waals surface area contributed by atoms with Crippen LogP contribution in [0.3, 0.4) is 0 Å². The standard InChI is InChI=1S/C24H34O3/c1-4-5-6-9-14-24(2,3)19-16-21(26)23(22(27)17-19)20-13-8-7-11-18(20)12-10-15-25/h7-8,11,13,16-17,25-27H,4-6,9-10,12,14-15H2,1-3H3. The van der Waals surface area contributed by atoms with E-state index in [9.17, 15) is 10.2 Å². The lowest BCUT2D eigenvalue weighted by Crippen LogP contribution is -2.17. The second-order valence-electron chi connectivity index (χ2n) is 8.07. The fraction of sp³-hybridized carbons (Fsp3) is 0.500. The van der Waals surface area contributed by atoms with Crippen LogP contribution in [0, 0.1) is 0 Å². The molecule has 2 rings (SSSR count). The Morgan fingerprint density at radius 2 is 1.56 bits per heavy atom. The van der Waals surface area contributed by atoms with Crippen molar-refractivity contribution >= 4 is 0 Å². The van der Waals surface area contributed by atoms with E-state index in [1.54, 1.807) is 12.1 Å². The molecular formula is C24H34O3. The average Bonchev–Trinajstić information content (AvgIpc) is 2.64. The highest BCUT2D eigenvalue weighted by Gasteiger charge is 2.24. The molecule has 0 heterocycles. The topological polar surface area (TPSA) is 60.7 Å². The predicted molar refractivity (Wildman–Crippen MR) is 112 cm³/mol. The Bertz CT molecular complexity index is 711. The summed E-state index contributed by atoms with van der Waals surface area (Å²) in [7, 11) is 0. The fourth-order valence-electron chi connectivity index (χ4n) is 3.67. The Labute approximate surface area is 163 Å². The second kappa shape index (κ2) is 9.80. The van der Waals surface area contributed by atoms with Crippen LogP contribution < -0.4 is 0 Å². The quantitative estimate of drug-likeness (QED) is 0.454. The summed E-state index contributed by atoms with van der Waals surface area (Å²) in [6.07, 6.45) is 7.21. The molecule has 0 fully saturated rings. The van der Waals surface area contributed by atoms with Crippen molar-refractivity contribution in [3.63, 3.8) is 0 Å². The van der Waals surface area contributed by atoms with E-state index < -0.39 is 0 Å². The zero-order valence-electron chi connectivity index (χ0n) is 17.0. The van der Waals surface area contributed by atoms with Crippen molar-refractivity contribution in [3.8, 4) is 22.6 Å². The lowest BCUT2D eigenvalue weighted by molar-refractivity contribution is 0.288. The number of aliphatic hydroxyl groups is 1. The maximum absolute atomic E-state index is 10.7. The van der Waals surface area contributed by atoms with Crippen LogP contribution in [0.1, 0.15) is 70.4 Å². The maximum atomic E-state index is 10.7. The van der Waals surface area contributed by atoms with Crippen molar-refractivity contribution in [1.82, 2.24) is 0 Å². The number of phenols is 2. The van der Waals surface area contributed by atoms with Gasteiger partial charge in [0.25, 0.3) is 0 Å². The monoisotopic (exact) mass is 370 g/mol. The summed E-state index contributed by atoms with van der Waals surface area (Å²) in [4.78, 5) is 0. The summed E-state index contributed by atoms with van der Waals surface area (Å²) in [5, 5.41) is 30.6. The van der Waals surface area contributed by atoms with Crippen molar-refractivity contribution < 1.29 is 15.3 Å². The number of benzene rings is 2. The van der Waals surface area contributed by atoms with Gasteiger partial charge >= 0.3 is 0 Å². The number of rotatable bonds is 10. The molecule has 0 atom stereocenters. The lowest BCUT2D eigenvalue weighted by Gasteiger charge is -2.26. The van der Waals surface area contributed by atoms with Gasteiger partial charge in [-0.2, -0.15) is 0 Å². The van der Waals surface area contributed by atoms with Gasteiger partial charge in [-0.1, -0.05) is 70.7 Å². The van der Waals surface area contributed by atoms with E-state index in [4.69, 9.17) is 5.11 Å². The Morgan fingerprint density at radius 1 is 0.889 bits per heavy atom. The Morgan fingerprint density at radius 3 is 2.19 bits per heavy atom. The van der Waals surface area contributed by atoms with Crippen LogP contribution in [0.5, 0.6) is 11.5 Å². The zero-order valence-corrected chi connectivity index (χ0v) is 17.0. The van der Waals surface area contributed by atoms with E-state index in [0.29, 0.717) is 18.4 Å². The van der Waals surface area contributed by atoms with Gasteiger partial charge in [0.1, 0.15) is 11.5 Å². The van der Waals surface area contributed by atoms with Crippen LogP contribution in [0.2, 0.25) is 0 Å². The van der Waals surface area contributed by atoms with Gasteiger partial charge in [0, 0.05) is 6.61 Å². The summed E-state index contributed by atoms with van der Waals surface area (Å²) < 4.78 is 0. The van der Waals surface area contributed by atoms with Crippen molar-refractivity contribution in [3.05, 3.63) is 47.5 Å². The number of aromatic hydroxyl groups is 2. The molecule has 2 aromatic carbocycles. The molecule has 0 aromatic heterocycles. The van der Waals surface area contributed by atoms with Gasteiger partial charge in [0.15, 0.2) is 0 Å². The van der Waals surface area contributed by atoms with E-state index in [2.05, 4.69) is 20.8 Å². The van der Waals surface area contributed by atoms with E-state index in [1.807, 2.05) is 24.3 Å². The number of hydrogen-bond acceptors (Lipinski definition) is 3. The molecule has 0 aliphatic rings. The summed E-state index contributed by atoms with van der Waals surface area (Å²) >= 11 is 0. The molecule has 0 saturated heterocycles. The normalized spacial score (nSPS) is 11.7. The molecule has 27 heavy (non-hydrogen) atoms. The van der Waals surface area contributed by atoms with E-state index in [-0.39, 0.29) is 23.5 Å². The molecule has 0 bridgehead atoms. The van der Waals surface area contributed by atoms with Crippen LogP contribution in [0.15, 0.2) is 36.4 Å². The van der Waals surface area contributed by atoms with Gasteiger partial charge < -0.3 is 15.3 Å². The van der Waals surface area contributed by atoms with Gasteiger partial charge in [-0.3, -0.25) is 0 Å². The van der Waals surface area contributed by atoms with Crippen molar-refractivity contribution in [1.29, 1.82) is 0 Å². The summed E-state index contributed by atoms with van der Waals surface area (Å²) in [5.74, 6) is 0.228. The molecule has 0 amide bonds. The van der Waals surface area contributed by atoms with Crippen molar-refractivity contribution in [2.24, 2.45) is 0 Å². The van der Waals surface area contributed by atoms with Gasteiger partial charge in [-0.25, -0.2) is 0 Å². The molecule has 0 aliphatic heterocycles. The van der Waals surface area contributed by atoms with Gasteiger partial charge in [0.2, 0.25) is 0 Å². The number of aliphatic hydroxyl groups excluding tert-OH is 1. The molecule has 3 N–H and O–H groups in total. The average molecular weight is 371 g/mol. The highest BCUT2D eigenvalue weighted by molar-refractivity contribution is 5.79. The first-order valence-electron chi connectivity index (χ1n) is 10.2. The van der Waals surface area contributed by atoms with Crippen molar-refractivity contribution in [2.75, 3.05) is 6.61 Å². The molecule has 0 saturated carbocycles. The first-order chi connectivity index (χ1) is 12.9. The third-order valence-corrected chi connectivity index (χ3v) is 5.42. The Hall–Kier alpha value is -2.00. The largest absolute Gasteiger partial charge is 0.507 e. The van der Waals surface area contributed by atoms with Crippen LogP contribution in [0.25, 0.3) is 11.1 Å². The van der Waals surface area contributed by atoms with Crippen LogP contribution in [-0.2, 0) is 11.8 Å². The molecule has 0 unspecified atom stereocenters. The van der Waals surface area contributed by atoms with Gasteiger partial charge in [-0.15, -0.1) is 0 Å². The highest BCUT2D eigenvalue weighted by Crippen LogP contribution is 2.43.